The van der Waals surface area contributed by atoms with Crippen molar-refractivity contribution in [2.75, 3.05) is 0 Å². The van der Waals surface area contributed by atoms with Crippen LogP contribution in [0.2, 0.25) is 0 Å². The van der Waals surface area contributed by atoms with E-state index < -0.39 is 7.11 Å². The molecule has 5 heteroatoms. The van der Waals surface area contributed by atoms with Gasteiger partial charge >= 0.3 is 7.11 Å². The summed E-state index contributed by atoms with van der Waals surface area (Å²) in [7, 11) is -4.36. The number of benzene rings is 2. The second-order valence-electron chi connectivity index (χ2n) is 4.88. The van der Waals surface area contributed by atoms with E-state index in [4.69, 9.17) is 4.65 Å². The molecule has 1 heterocycles. The Balaban J connectivity index is 2.04. The number of ketones is 1. The van der Waals surface area contributed by atoms with E-state index in [1.54, 1.807) is 36.4 Å². The zero-order chi connectivity index (χ0) is 14.9. The number of carbonyl (C=O) groups excluding carboxylic acids is 1. The van der Waals surface area contributed by atoms with Gasteiger partial charge < -0.3 is 17.6 Å². The van der Waals surface area contributed by atoms with Gasteiger partial charge in [-0.3, -0.25) is 0 Å². The van der Waals surface area contributed by atoms with Crippen LogP contribution in [-0.4, -0.2) is 12.9 Å². The number of hydrogen-bond donors (Lipinski definition) is 0. The second kappa shape index (κ2) is 5.16. The standard InChI is InChI=1S/C16H13BF2O2/c1-12-7-9-14(10-8-12)16-11-15(20-17(18,19)21-16)13-5-3-2-4-6-13/h2-11H,1H3. The summed E-state index contributed by atoms with van der Waals surface area (Å²) in [5.74, 6) is 0.229. The monoisotopic (exact) mass is 286 g/mol. The smallest absolute Gasteiger partial charge is 0.569 e. The lowest BCUT2D eigenvalue weighted by Crippen LogP contribution is -2.30. The molecular formula is C16H13BF2O2. The van der Waals surface area contributed by atoms with Crippen LogP contribution in [0.5, 0.6) is 0 Å². The van der Waals surface area contributed by atoms with Gasteiger partial charge in [0.15, 0.2) is 0 Å². The zero-order valence-corrected chi connectivity index (χ0v) is 11.4. The molecule has 0 spiro atoms. The Morgan fingerprint density at radius 1 is 0.905 bits per heavy atom. The van der Waals surface area contributed by atoms with Gasteiger partial charge in [-0.2, -0.15) is 0 Å². The van der Waals surface area contributed by atoms with E-state index in [9.17, 15) is 8.63 Å². The minimum atomic E-state index is -4.36. The van der Waals surface area contributed by atoms with Crippen LogP contribution in [0.1, 0.15) is 21.0 Å². The van der Waals surface area contributed by atoms with Gasteiger partial charge in [-0.15, -0.1) is 0 Å². The van der Waals surface area contributed by atoms with Gasteiger partial charge in [0.1, 0.15) is 0 Å². The Morgan fingerprint density at radius 3 is 2.24 bits per heavy atom. The van der Waals surface area contributed by atoms with Crippen molar-refractivity contribution in [3.63, 3.8) is 0 Å². The van der Waals surface area contributed by atoms with Crippen LogP contribution in [-0.2, 0) is 4.65 Å². The molecule has 0 amide bonds. The second-order valence-corrected chi connectivity index (χ2v) is 4.88. The molecule has 3 rings (SSSR count). The fourth-order valence-electron chi connectivity index (χ4n) is 2.13. The Kier molecular flexibility index (Phi) is 3.33. The minimum Gasteiger partial charge on any atom is -0.569 e. The highest BCUT2D eigenvalue weighted by Gasteiger charge is 2.53. The van der Waals surface area contributed by atoms with E-state index in [0.717, 1.165) is 5.56 Å². The molecular weight excluding hydrogens is 273 g/mol. The molecule has 0 N–H and O–H groups in total. The molecule has 0 aromatic heterocycles. The number of aryl methyl sites for hydroxylation is 1. The highest BCUT2D eigenvalue weighted by Crippen LogP contribution is 2.28. The first-order valence-electron chi connectivity index (χ1n) is 6.63. The maximum absolute atomic E-state index is 13.7. The van der Waals surface area contributed by atoms with Gasteiger partial charge in [0.05, 0.1) is 17.4 Å². The van der Waals surface area contributed by atoms with E-state index in [1.807, 2.05) is 25.1 Å². The summed E-state index contributed by atoms with van der Waals surface area (Å²) >= 11 is 0. The lowest BCUT2D eigenvalue weighted by molar-refractivity contribution is -0.183. The topological polar surface area (TPSA) is 20.5 Å². The normalized spacial score (nSPS) is 16.7. The molecule has 2 aromatic carbocycles. The molecule has 0 saturated carbocycles. The lowest BCUT2D eigenvalue weighted by Gasteiger charge is -2.20. The number of halogens is 2. The predicted octanol–water partition coefficient (Wildman–Crippen LogP) is 4.16. The average molecular weight is 286 g/mol. The highest BCUT2D eigenvalue weighted by molar-refractivity contribution is 6.52. The van der Waals surface area contributed by atoms with Crippen molar-refractivity contribution in [1.82, 2.24) is 0 Å². The minimum absolute atomic E-state index is 0.113. The molecule has 21 heavy (non-hydrogen) atoms. The molecule has 106 valence electrons. The van der Waals surface area contributed by atoms with Crippen LogP contribution >= 0.6 is 0 Å². The van der Waals surface area contributed by atoms with Crippen LogP contribution < -0.4 is 0 Å². The van der Waals surface area contributed by atoms with Gasteiger partial charge in [-0.05, 0) is 19.1 Å². The molecule has 2 aromatic rings. The highest BCUT2D eigenvalue weighted by atomic mass is 19.3. The Morgan fingerprint density at radius 2 is 1.57 bits per heavy atom. The Hall–Kier alpha value is -2.43. The molecule has 0 bridgehead atoms. The molecule has 1 aliphatic heterocycles. The van der Waals surface area contributed by atoms with Gasteiger partial charge in [0.25, 0.3) is 5.78 Å². The summed E-state index contributed by atoms with van der Waals surface area (Å²) in [5, 5.41) is 0. The Labute approximate surface area is 121 Å². The average Bonchev–Trinajstić information content (AvgIpc) is 2.47. The van der Waals surface area contributed by atoms with E-state index in [0.29, 0.717) is 11.1 Å². The Bertz CT molecular complexity index is 707. The van der Waals surface area contributed by atoms with Gasteiger partial charge in [0, 0.05) is 5.56 Å². The number of hydrogen-bond acceptors (Lipinski definition) is 1. The maximum Gasteiger partial charge on any atom is 0.995 e. The van der Waals surface area contributed by atoms with Gasteiger partial charge in [0.2, 0.25) is 0 Å². The summed E-state index contributed by atoms with van der Waals surface area (Å²) in [6.45, 7) is 1.93. The fourth-order valence-corrected chi connectivity index (χ4v) is 2.13. The van der Waals surface area contributed by atoms with Crippen LogP contribution in [0.3, 0.4) is 0 Å². The van der Waals surface area contributed by atoms with Crippen molar-refractivity contribution in [1.29, 1.82) is 0 Å². The molecule has 0 atom stereocenters. The molecule has 0 radical (unpaired) electrons. The van der Waals surface area contributed by atoms with E-state index in [2.05, 4.69) is 4.34 Å². The number of rotatable bonds is 2. The van der Waals surface area contributed by atoms with E-state index >= 15 is 0 Å². The first kappa shape index (κ1) is 13.6. The third-order valence-corrected chi connectivity index (χ3v) is 3.18. The molecule has 0 aliphatic carbocycles. The largest absolute Gasteiger partial charge is 0.995 e. The van der Waals surface area contributed by atoms with E-state index in [1.165, 1.54) is 6.08 Å². The quantitative estimate of drug-likeness (QED) is 0.599. The molecule has 0 fully saturated rings. The van der Waals surface area contributed by atoms with Crippen LogP contribution in [0.25, 0.3) is 5.76 Å². The predicted molar refractivity (Wildman–Crippen MR) is 79.0 cm³/mol. The van der Waals surface area contributed by atoms with Crippen molar-refractivity contribution in [3.05, 3.63) is 77.4 Å². The van der Waals surface area contributed by atoms with Crippen molar-refractivity contribution in [2.24, 2.45) is 0 Å². The summed E-state index contributed by atoms with van der Waals surface area (Å²) in [6.07, 6.45) is 1.50. The molecule has 0 saturated heterocycles. The van der Waals surface area contributed by atoms with Crippen LogP contribution in [0.15, 0.2) is 60.7 Å². The third kappa shape index (κ3) is 3.02. The van der Waals surface area contributed by atoms with Crippen molar-refractivity contribution in [2.45, 2.75) is 6.92 Å². The van der Waals surface area contributed by atoms with Gasteiger partial charge in [-0.25, -0.2) is 0 Å². The third-order valence-electron chi connectivity index (χ3n) is 3.18. The molecule has 1 aliphatic rings. The summed E-state index contributed by atoms with van der Waals surface area (Å²) in [4.78, 5) is 0. The first-order valence-corrected chi connectivity index (χ1v) is 6.63. The summed E-state index contributed by atoms with van der Waals surface area (Å²) in [5.41, 5.74) is 2.24. The van der Waals surface area contributed by atoms with E-state index in [-0.39, 0.29) is 11.5 Å². The van der Waals surface area contributed by atoms with Crippen molar-refractivity contribution < 1.29 is 17.6 Å². The molecule has 2 nitrogen and oxygen atoms in total. The summed E-state index contributed by atoms with van der Waals surface area (Å²) in [6, 6.07) is 16.0. The van der Waals surface area contributed by atoms with Gasteiger partial charge in [-0.1, -0.05) is 48.0 Å². The lowest BCUT2D eigenvalue weighted by atomic mass is 10.0. The van der Waals surface area contributed by atoms with Crippen molar-refractivity contribution >= 4 is 18.6 Å². The van der Waals surface area contributed by atoms with Crippen molar-refractivity contribution in [3.8, 4) is 0 Å². The SMILES string of the molecule is Cc1ccc(C2=CC(c3ccccc3)=[O+][B-](F)(F)O2)cc1. The first-order chi connectivity index (χ1) is 10.0. The van der Waals surface area contributed by atoms with Crippen LogP contribution in [0.4, 0.5) is 8.63 Å². The number of allylic oxidation sites excluding steroid dienone is 1. The summed E-state index contributed by atoms with van der Waals surface area (Å²) < 4.78 is 36.8. The fraction of sp³-hybridized carbons (Fsp3) is 0.0625. The maximum atomic E-state index is 13.7. The van der Waals surface area contributed by atoms with Crippen LogP contribution in [0, 0.1) is 6.92 Å². The molecule has 0 unspecified atom stereocenters. The zero-order valence-electron chi connectivity index (χ0n) is 11.4.